The second-order valence-corrected chi connectivity index (χ2v) is 4.64. The van der Waals surface area contributed by atoms with Gasteiger partial charge in [-0.25, -0.2) is 0 Å². The van der Waals surface area contributed by atoms with E-state index in [1.807, 2.05) is 31.3 Å². The molecule has 16 heavy (non-hydrogen) atoms. The summed E-state index contributed by atoms with van der Waals surface area (Å²) in [5.74, 6) is 1.06. The molecule has 0 bridgehead atoms. The zero-order chi connectivity index (χ0) is 11.8. The second kappa shape index (κ2) is 7.30. The van der Waals surface area contributed by atoms with Crippen molar-refractivity contribution in [1.82, 2.24) is 5.32 Å². The van der Waals surface area contributed by atoms with Gasteiger partial charge in [-0.2, -0.15) is 0 Å². The summed E-state index contributed by atoms with van der Waals surface area (Å²) in [5.41, 5.74) is 0.912. The first-order valence-corrected chi connectivity index (χ1v) is 6.42. The molecule has 3 nitrogen and oxygen atoms in total. The van der Waals surface area contributed by atoms with Crippen LogP contribution in [0.1, 0.15) is 13.3 Å². The van der Waals surface area contributed by atoms with Crippen LogP contribution in [-0.4, -0.2) is 25.3 Å². The molecule has 88 valence electrons. The van der Waals surface area contributed by atoms with Gasteiger partial charge < -0.3 is 10.6 Å². The first-order chi connectivity index (χ1) is 7.77. The summed E-state index contributed by atoms with van der Waals surface area (Å²) in [7, 11) is 1.84. The van der Waals surface area contributed by atoms with Gasteiger partial charge >= 0.3 is 0 Å². The van der Waals surface area contributed by atoms with Crippen LogP contribution in [0.3, 0.4) is 0 Å². The molecule has 0 unspecified atom stereocenters. The van der Waals surface area contributed by atoms with E-state index in [1.165, 1.54) is 0 Å². The fraction of sp³-hybridized carbons (Fsp3) is 0.417. The SMILES string of the molecule is CCSc1ccccc1NC(=O)CCNC. The summed E-state index contributed by atoms with van der Waals surface area (Å²) in [5, 5.41) is 5.89. The monoisotopic (exact) mass is 238 g/mol. The second-order valence-electron chi connectivity index (χ2n) is 3.33. The van der Waals surface area contributed by atoms with Gasteiger partial charge in [0.15, 0.2) is 0 Å². The highest BCUT2D eigenvalue weighted by Gasteiger charge is 2.05. The van der Waals surface area contributed by atoms with Crippen LogP contribution in [0.4, 0.5) is 5.69 Å². The molecule has 1 amide bonds. The topological polar surface area (TPSA) is 41.1 Å². The molecule has 0 radical (unpaired) electrons. The molecular formula is C12H18N2OS. The standard InChI is InChI=1S/C12H18N2OS/c1-3-16-11-7-5-4-6-10(11)14-12(15)8-9-13-2/h4-7,13H,3,8-9H2,1-2H3,(H,14,15). The van der Waals surface area contributed by atoms with Gasteiger partial charge in [-0.05, 0) is 24.9 Å². The maximum absolute atomic E-state index is 11.6. The Morgan fingerprint density at radius 2 is 2.12 bits per heavy atom. The van der Waals surface area contributed by atoms with Gasteiger partial charge in [0.2, 0.25) is 5.91 Å². The fourth-order valence-corrected chi connectivity index (χ4v) is 2.06. The van der Waals surface area contributed by atoms with Crippen molar-refractivity contribution in [3.8, 4) is 0 Å². The molecule has 0 spiro atoms. The number of para-hydroxylation sites is 1. The van der Waals surface area contributed by atoms with Crippen LogP contribution in [0.2, 0.25) is 0 Å². The third kappa shape index (κ3) is 4.24. The largest absolute Gasteiger partial charge is 0.325 e. The lowest BCUT2D eigenvalue weighted by molar-refractivity contribution is -0.116. The molecule has 2 N–H and O–H groups in total. The van der Waals surface area contributed by atoms with Crippen LogP contribution in [-0.2, 0) is 4.79 Å². The highest BCUT2D eigenvalue weighted by atomic mass is 32.2. The molecule has 1 rings (SSSR count). The van der Waals surface area contributed by atoms with Gasteiger partial charge in [-0.1, -0.05) is 19.1 Å². The molecule has 0 aliphatic rings. The van der Waals surface area contributed by atoms with E-state index in [0.717, 1.165) is 16.3 Å². The van der Waals surface area contributed by atoms with Crippen molar-refractivity contribution in [1.29, 1.82) is 0 Å². The highest BCUT2D eigenvalue weighted by molar-refractivity contribution is 7.99. The molecule has 0 aliphatic carbocycles. The van der Waals surface area contributed by atoms with E-state index in [0.29, 0.717) is 13.0 Å². The van der Waals surface area contributed by atoms with E-state index >= 15 is 0 Å². The zero-order valence-corrected chi connectivity index (χ0v) is 10.6. The lowest BCUT2D eigenvalue weighted by atomic mass is 10.3. The minimum atomic E-state index is 0.0542. The van der Waals surface area contributed by atoms with E-state index in [4.69, 9.17) is 0 Å². The highest BCUT2D eigenvalue weighted by Crippen LogP contribution is 2.26. The van der Waals surface area contributed by atoms with Gasteiger partial charge in [0.05, 0.1) is 5.69 Å². The van der Waals surface area contributed by atoms with Crippen LogP contribution < -0.4 is 10.6 Å². The molecule has 0 saturated heterocycles. The zero-order valence-electron chi connectivity index (χ0n) is 9.75. The van der Waals surface area contributed by atoms with Crippen molar-refractivity contribution < 1.29 is 4.79 Å². The molecule has 1 aromatic rings. The Kier molecular flexibility index (Phi) is 5.96. The first kappa shape index (κ1) is 13.1. The van der Waals surface area contributed by atoms with Crippen LogP contribution >= 0.6 is 11.8 Å². The Labute approximate surface area is 101 Å². The third-order valence-corrected chi connectivity index (χ3v) is 3.02. The number of hydrogen-bond acceptors (Lipinski definition) is 3. The minimum absolute atomic E-state index is 0.0542. The number of anilines is 1. The molecule has 0 saturated carbocycles. The summed E-state index contributed by atoms with van der Waals surface area (Å²) in [6.07, 6.45) is 0.502. The normalized spacial score (nSPS) is 10.1. The van der Waals surface area contributed by atoms with Crippen molar-refractivity contribution in [3.05, 3.63) is 24.3 Å². The molecule has 0 heterocycles. The molecular weight excluding hydrogens is 220 g/mol. The van der Waals surface area contributed by atoms with E-state index in [-0.39, 0.29) is 5.91 Å². The Hall–Kier alpha value is -1.00. The Morgan fingerprint density at radius 1 is 1.38 bits per heavy atom. The number of carbonyl (C=O) groups excluding carboxylic acids is 1. The van der Waals surface area contributed by atoms with E-state index in [9.17, 15) is 4.79 Å². The summed E-state index contributed by atoms with van der Waals surface area (Å²) in [6.45, 7) is 2.80. The van der Waals surface area contributed by atoms with E-state index in [2.05, 4.69) is 17.6 Å². The smallest absolute Gasteiger partial charge is 0.225 e. The van der Waals surface area contributed by atoms with Crippen molar-refractivity contribution in [2.24, 2.45) is 0 Å². The Morgan fingerprint density at radius 3 is 2.81 bits per heavy atom. The number of amides is 1. The van der Waals surface area contributed by atoms with Crippen LogP contribution in [0, 0.1) is 0 Å². The van der Waals surface area contributed by atoms with Crippen molar-refractivity contribution in [2.75, 3.05) is 24.7 Å². The number of nitrogens with one attached hydrogen (secondary N) is 2. The Balaban J connectivity index is 2.61. The quantitative estimate of drug-likeness (QED) is 0.747. The fourth-order valence-electron chi connectivity index (χ4n) is 1.30. The summed E-state index contributed by atoms with van der Waals surface area (Å²) < 4.78 is 0. The predicted octanol–water partition coefficient (Wildman–Crippen LogP) is 2.35. The van der Waals surface area contributed by atoms with Crippen molar-refractivity contribution >= 4 is 23.4 Å². The number of thioether (sulfide) groups is 1. The Bertz CT molecular complexity index is 342. The average molecular weight is 238 g/mol. The molecule has 1 aromatic carbocycles. The van der Waals surface area contributed by atoms with Crippen LogP contribution in [0.15, 0.2) is 29.2 Å². The minimum Gasteiger partial charge on any atom is -0.325 e. The average Bonchev–Trinajstić information content (AvgIpc) is 2.29. The lowest BCUT2D eigenvalue weighted by Gasteiger charge is -2.09. The summed E-state index contributed by atoms with van der Waals surface area (Å²) in [6, 6.07) is 7.89. The predicted molar refractivity (Wildman–Crippen MR) is 70.0 cm³/mol. The summed E-state index contributed by atoms with van der Waals surface area (Å²) in [4.78, 5) is 12.7. The van der Waals surface area contributed by atoms with Crippen LogP contribution in [0.25, 0.3) is 0 Å². The number of carbonyl (C=O) groups is 1. The molecule has 0 aliphatic heterocycles. The maximum atomic E-state index is 11.6. The molecule has 0 atom stereocenters. The van der Waals surface area contributed by atoms with Crippen molar-refractivity contribution in [2.45, 2.75) is 18.2 Å². The molecule has 0 aromatic heterocycles. The van der Waals surface area contributed by atoms with E-state index in [1.54, 1.807) is 11.8 Å². The molecule has 4 heteroatoms. The van der Waals surface area contributed by atoms with Gasteiger partial charge in [-0.15, -0.1) is 11.8 Å². The first-order valence-electron chi connectivity index (χ1n) is 5.44. The van der Waals surface area contributed by atoms with Gasteiger partial charge in [0, 0.05) is 17.9 Å². The van der Waals surface area contributed by atoms with Crippen molar-refractivity contribution in [3.63, 3.8) is 0 Å². The van der Waals surface area contributed by atoms with Crippen LogP contribution in [0.5, 0.6) is 0 Å². The van der Waals surface area contributed by atoms with E-state index < -0.39 is 0 Å². The van der Waals surface area contributed by atoms with Gasteiger partial charge in [0.1, 0.15) is 0 Å². The summed E-state index contributed by atoms with van der Waals surface area (Å²) >= 11 is 1.74. The maximum Gasteiger partial charge on any atom is 0.225 e. The van der Waals surface area contributed by atoms with Gasteiger partial charge in [-0.3, -0.25) is 4.79 Å². The number of hydrogen-bond donors (Lipinski definition) is 2. The third-order valence-electron chi connectivity index (χ3n) is 2.06. The number of rotatable bonds is 6. The lowest BCUT2D eigenvalue weighted by Crippen LogP contribution is -2.18. The number of benzene rings is 1. The molecule has 0 fully saturated rings. The van der Waals surface area contributed by atoms with Gasteiger partial charge in [0.25, 0.3) is 0 Å².